The molecule has 1 aliphatic heterocycles. The minimum Gasteiger partial charge on any atom is -0.312 e. The van der Waals surface area contributed by atoms with Crippen molar-refractivity contribution in [3.8, 4) is 0 Å². The SMILES string of the molecule is O=C1CCCCC1C(c1ccccc1)C1CCCN(c2ccccc2)C1=O. The fraction of sp³-hybridized carbons (Fsp3) is 0.417. The number of para-hydroxylation sites is 1. The van der Waals surface area contributed by atoms with Crippen molar-refractivity contribution in [3.63, 3.8) is 0 Å². The highest BCUT2D eigenvalue weighted by Crippen LogP contribution is 2.43. The summed E-state index contributed by atoms with van der Waals surface area (Å²) < 4.78 is 0. The Morgan fingerprint density at radius 2 is 1.44 bits per heavy atom. The largest absolute Gasteiger partial charge is 0.312 e. The van der Waals surface area contributed by atoms with Gasteiger partial charge in [-0.15, -0.1) is 0 Å². The van der Waals surface area contributed by atoms with Crippen LogP contribution in [0.4, 0.5) is 5.69 Å². The van der Waals surface area contributed by atoms with Gasteiger partial charge in [-0.25, -0.2) is 0 Å². The van der Waals surface area contributed by atoms with Gasteiger partial charge in [-0.2, -0.15) is 0 Å². The van der Waals surface area contributed by atoms with Crippen LogP contribution in [-0.4, -0.2) is 18.2 Å². The molecule has 2 fully saturated rings. The highest BCUT2D eigenvalue weighted by atomic mass is 16.2. The molecular weight excluding hydrogens is 334 g/mol. The van der Waals surface area contributed by atoms with Crippen LogP contribution in [0.1, 0.15) is 50.0 Å². The van der Waals surface area contributed by atoms with Crippen molar-refractivity contribution in [2.24, 2.45) is 11.8 Å². The number of rotatable bonds is 4. The number of piperidine rings is 1. The first-order valence-electron chi connectivity index (χ1n) is 10.2. The average molecular weight is 361 g/mol. The molecule has 0 aromatic heterocycles. The first-order valence-corrected chi connectivity index (χ1v) is 10.2. The maximum absolute atomic E-state index is 13.5. The first-order chi connectivity index (χ1) is 13.3. The van der Waals surface area contributed by atoms with Gasteiger partial charge in [0.05, 0.1) is 0 Å². The van der Waals surface area contributed by atoms with E-state index in [0.29, 0.717) is 12.2 Å². The monoisotopic (exact) mass is 361 g/mol. The molecule has 2 aromatic carbocycles. The number of amides is 1. The van der Waals surface area contributed by atoms with E-state index < -0.39 is 0 Å². The molecule has 3 heteroatoms. The summed E-state index contributed by atoms with van der Waals surface area (Å²) in [5.74, 6) is 0.386. The average Bonchev–Trinajstić information content (AvgIpc) is 2.72. The van der Waals surface area contributed by atoms with Gasteiger partial charge in [0.1, 0.15) is 5.78 Å². The number of nitrogens with zero attached hydrogens (tertiary/aromatic N) is 1. The molecule has 4 rings (SSSR count). The first kappa shape index (κ1) is 18.0. The number of carbonyl (C=O) groups is 2. The van der Waals surface area contributed by atoms with Crippen molar-refractivity contribution in [3.05, 3.63) is 66.2 Å². The van der Waals surface area contributed by atoms with Crippen molar-refractivity contribution >= 4 is 17.4 Å². The smallest absolute Gasteiger partial charge is 0.230 e. The number of benzene rings is 2. The number of Topliss-reactive ketones (excluding diaryl/α,β-unsaturated/α-hetero) is 1. The number of hydrogen-bond donors (Lipinski definition) is 0. The van der Waals surface area contributed by atoms with Crippen LogP contribution in [0.3, 0.4) is 0 Å². The van der Waals surface area contributed by atoms with Gasteiger partial charge in [0.25, 0.3) is 0 Å². The molecule has 0 N–H and O–H groups in total. The van der Waals surface area contributed by atoms with Gasteiger partial charge in [0.15, 0.2) is 0 Å². The van der Waals surface area contributed by atoms with E-state index in [0.717, 1.165) is 49.9 Å². The number of ketones is 1. The molecule has 0 bridgehead atoms. The van der Waals surface area contributed by atoms with Gasteiger partial charge in [-0.1, -0.05) is 55.0 Å². The standard InChI is InChI=1S/C24H27NO2/c26-22-16-8-7-14-20(22)23(18-10-3-1-4-11-18)21-15-9-17-25(24(21)27)19-12-5-2-6-13-19/h1-6,10-13,20-21,23H,7-9,14-17H2. The molecule has 0 radical (unpaired) electrons. The number of hydrogen-bond acceptors (Lipinski definition) is 2. The lowest BCUT2D eigenvalue weighted by molar-refractivity contribution is -0.129. The third-order valence-electron chi connectivity index (χ3n) is 6.20. The Balaban J connectivity index is 1.68. The van der Waals surface area contributed by atoms with E-state index in [4.69, 9.17) is 0 Å². The van der Waals surface area contributed by atoms with Crippen LogP contribution in [0.25, 0.3) is 0 Å². The normalized spacial score (nSPS) is 24.7. The van der Waals surface area contributed by atoms with Gasteiger partial charge in [-0.3, -0.25) is 9.59 Å². The molecular formula is C24H27NO2. The molecule has 0 spiro atoms. The molecule has 27 heavy (non-hydrogen) atoms. The zero-order valence-corrected chi connectivity index (χ0v) is 15.7. The van der Waals surface area contributed by atoms with Crippen LogP contribution in [0, 0.1) is 11.8 Å². The Hall–Kier alpha value is -2.42. The molecule has 2 aromatic rings. The summed E-state index contributed by atoms with van der Waals surface area (Å²) in [7, 11) is 0. The highest BCUT2D eigenvalue weighted by molar-refractivity contribution is 5.97. The van der Waals surface area contributed by atoms with Crippen molar-refractivity contribution < 1.29 is 9.59 Å². The maximum Gasteiger partial charge on any atom is 0.230 e. The highest BCUT2D eigenvalue weighted by Gasteiger charge is 2.42. The molecule has 1 saturated carbocycles. The second kappa shape index (κ2) is 8.08. The van der Waals surface area contributed by atoms with E-state index in [2.05, 4.69) is 12.1 Å². The number of carbonyl (C=O) groups excluding carboxylic acids is 2. The van der Waals surface area contributed by atoms with Crippen LogP contribution in [0.2, 0.25) is 0 Å². The predicted molar refractivity (Wildman–Crippen MR) is 108 cm³/mol. The van der Waals surface area contributed by atoms with Crippen LogP contribution in [0.5, 0.6) is 0 Å². The van der Waals surface area contributed by atoms with Crippen LogP contribution < -0.4 is 4.90 Å². The molecule has 1 amide bonds. The third-order valence-corrected chi connectivity index (χ3v) is 6.20. The third kappa shape index (κ3) is 3.69. The minimum atomic E-state index is -0.117. The van der Waals surface area contributed by atoms with E-state index in [9.17, 15) is 9.59 Å². The zero-order valence-electron chi connectivity index (χ0n) is 15.7. The topological polar surface area (TPSA) is 37.4 Å². The van der Waals surface area contributed by atoms with Crippen molar-refractivity contribution in [1.82, 2.24) is 0 Å². The van der Waals surface area contributed by atoms with E-state index in [1.165, 1.54) is 0 Å². The van der Waals surface area contributed by atoms with Crippen LogP contribution in [0.15, 0.2) is 60.7 Å². The Bertz CT molecular complexity index is 787. The van der Waals surface area contributed by atoms with Gasteiger partial charge in [0.2, 0.25) is 5.91 Å². The lowest BCUT2D eigenvalue weighted by Gasteiger charge is -2.40. The Kier molecular flexibility index (Phi) is 5.38. The summed E-state index contributed by atoms with van der Waals surface area (Å²) in [5.41, 5.74) is 2.11. The molecule has 1 saturated heterocycles. The van der Waals surface area contributed by atoms with Crippen molar-refractivity contribution in [1.29, 1.82) is 0 Å². The van der Waals surface area contributed by atoms with E-state index in [1.807, 2.05) is 53.4 Å². The molecule has 3 atom stereocenters. The van der Waals surface area contributed by atoms with Crippen molar-refractivity contribution in [2.45, 2.75) is 44.4 Å². The summed E-state index contributed by atoms with van der Waals surface area (Å²) in [4.78, 5) is 28.2. The van der Waals surface area contributed by atoms with Gasteiger partial charge in [0, 0.05) is 36.4 Å². The molecule has 3 nitrogen and oxygen atoms in total. The summed E-state index contributed by atoms with van der Waals surface area (Å²) in [6.07, 6.45) is 5.50. The summed E-state index contributed by atoms with van der Waals surface area (Å²) in [6, 6.07) is 20.2. The Labute approximate surface area is 161 Å². The van der Waals surface area contributed by atoms with Gasteiger partial charge < -0.3 is 4.90 Å². The van der Waals surface area contributed by atoms with E-state index >= 15 is 0 Å². The predicted octanol–water partition coefficient (Wildman–Crippen LogP) is 4.97. The van der Waals surface area contributed by atoms with Crippen molar-refractivity contribution in [2.75, 3.05) is 11.4 Å². The second-order valence-electron chi connectivity index (χ2n) is 7.83. The maximum atomic E-state index is 13.5. The van der Waals surface area contributed by atoms with Gasteiger partial charge in [-0.05, 0) is 43.4 Å². The summed E-state index contributed by atoms with van der Waals surface area (Å²) in [5, 5.41) is 0. The fourth-order valence-electron chi connectivity index (χ4n) is 4.91. The summed E-state index contributed by atoms with van der Waals surface area (Å²) >= 11 is 0. The Morgan fingerprint density at radius 3 is 2.15 bits per heavy atom. The van der Waals surface area contributed by atoms with E-state index in [1.54, 1.807) is 0 Å². The molecule has 2 aliphatic rings. The van der Waals surface area contributed by atoms with Crippen LogP contribution >= 0.6 is 0 Å². The number of anilines is 1. The second-order valence-corrected chi connectivity index (χ2v) is 7.83. The van der Waals surface area contributed by atoms with Crippen LogP contribution in [-0.2, 0) is 9.59 Å². The summed E-state index contributed by atoms with van der Waals surface area (Å²) in [6.45, 7) is 0.763. The molecule has 140 valence electrons. The lowest BCUT2D eigenvalue weighted by Crippen LogP contribution is -2.46. The fourth-order valence-corrected chi connectivity index (χ4v) is 4.91. The molecule has 1 aliphatic carbocycles. The minimum absolute atomic E-state index is 0.00184. The van der Waals surface area contributed by atoms with E-state index in [-0.39, 0.29) is 23.7 Å². The lowest BCUT2D eigenvalue weighted by atomic mass is 9.68. The zero-order chi connectivity index (χ0) is 18.6. The van der Waals surface area contributed by atoms with Gasteiger partial charge >= 0.3 is 0 Å². The molecule has 3 unspecified atom stereocenters. The Morgan fingerprint density at radius 1 is 0.778 bits per heavy atom. The quantitative estimate of drug-likeness (QED) is 0.771. The molecule has 1 heterocycles.